The minimum atomic E-state index is -0.714. The standard InChI is InChI=1S/C17H20O5/c1-12(15(19)22-17(2,3)4)10-11-14(18)21-16(20)13-8-6-5-7-9-13/h5-9H,1,10-11H2,2-4H3. The van der Waals surface area contributed by atoms with Crippen molar-refractivity contribution in [3.63, 3.8) is 0 Å². The summed E-state index contributed by atoms with van der Waals surface area (Å²) in [5.41, 5.74) is -0.162. The Bertz CT molecular complexity index is 566. The summed E-state index contributed by atoms with van der Waals surface area (Å²) in [5.74, 6) is -1.98. The van der Waals surface area contributed by atoms with Gasteiger partial charge in [0, 0.05) is 5.57 Å². The van der Waals surface area contributed by atoms with E-state index in [1.165, 1.54) is 0 Å². The number of benzene rings is 1. The van der Waals surface area contributed by atoms with Gasteiger partial charge in [-0.05, 0) is 39.3 Å². The quantitative estimate of drug-likeness (QED) is 0.475. The first-order valence-corrected chi connectivity index (χ1v) is 6.90. The van der Waals surface area contributed by atoms with Gasteiger partial charge >= 0.3 is 17.9 Å². The van der Waals surface area contributed by atoms with Crippen LogP contribution < -0.4 is 0 Å². The van der Waals surface area contributed by atoms with E-state index in [2.05, 4.69) is 6.58 Å². The van der Waals surface area contributed by atoms with Crippen LogP contribution in [-0.4, -0.2) is 23.5 Å². The van der Waals surface area contributed by atoms with E-state index >= 15 is 0 Å². The molecule has 1 aromatic carbocycles. The third-order valence-electron chi connectivity index (χ3n) is 2.53. The Morgan fingerprint density at radius 2 is 1.64 bits per heavy atom. The smallest absolute Gasteiger partial charge is 0.345 e. The SMILES string of the molecule is C=C(CCC(=O)OC(=O)c1ccccc1)C(=O)OC(C)(C)C. The molecule has 1 rings (SSSR count). The second kappa shape index (κ2) is 7.54. The molecule has 0 saturated heterocycles. The first kappa shape index (κ1) is 17.6. The first-order valence-electron chi connectivity index (χ1n) is 6.90. The summed E-state index contributed by atoms with van der Waals surface area (Å²) in [6.45, 7) is 8.80. The van der Waals surface area contributed by atoms with Gasteiger partial charge in [-0.15, -0.1) is 0 Å². The highest BCUT2D eigenvalue weighted by atomic mass is 16.6. The monoisotopic (exact) mass is 304 g/mol. The molecule has 0 N–H and O–H groups in total. The molecule has 0 unspecified atom stereocenters. The molecular weight excluding hydrogens is 284 g/mol. The highest BCUT2D eigenvalue weighted by Gasteiger charge is 2.20. The largest absolute Gasteiger partial charge is 0.457 e. The second-order valence-electron chi connectivity index (χ2n) is 5.73. The molecule has 118 valence electrons. The van der Waals surface area contributed by atoms with E-state index in [0.29, 0.717) is 5.56 Å². The van der Waals surface area contributed by atoms with Gasteiger partial charge in [0.15, 0.2) is 0 Å². The van der Waals surface area contributed by atoms with Crippen LogP contribution in [0.1, 0.15) is 44.0 Å². The van der Waals surface area contributed by atoms with E-state index in [4.69, 9.17) is 9.47 Å². The van der Waals surface area contributed by atoms with Crippen LogP contribution in [0.3, 0.4) is 0 Å². The summed E-state index contributed by atoms with van der Waals surface area (Å²) >= 11 is 0. The molecule has 0 aromatic heterocycles. The average molecular weight is 304 g/mol. The molecule has 0 aliphatic rings. The predicted octanol–water partition coefficient (Wildman–Crippen LogP) is 3.05. The normalized spacial score (nSPS) is 10.7. The van der Waals surface area contributed by atoms with Crippen molar-refractivity contribution < 1.29 is 23.9 Å². The molecule has 0 aliphatic heterocycles. The van der Waals surface area contributed by atoms with Gasteiger partial charge in [-0.25, -0.2) is 9.59 Å². The molecule has 0 aliphatic carbocycles. The van der Waals surface area contributed by atoms with E-state index < -0.39 is 23.5 Å². The van der Waals surface area contributed by atoms with Crippen LogP contribution in [0.25, 0.3) is 0 Å². The van der Waals surface area contributed by atoms with Crippen molar-refractivity contribution in [2.45, 2.75) is 39.2 Å². The van der Waals surface area contributed by atoms with E-state index in [9.17, 15) is 14.4 Å². The highest BCUT2D eigenvalue weighted by Crippen LogP contribution is 2.13. The summed E-state index contributed by atoms with van der Waals surface area (Å²) in [7, 11) is 0. The molecule has 5 nitrogen and oxygen atoms in total. The predicted molar refractivity (Wildman–Crippen MR) is 81.1 cm³/mol. The molecule has 0 bridgehead atoms. The van der Waals surface area contributed by atoms with E-state index in [1.54, 1.807) is 51.1 Å². The molecule has 1 aromatic rings. The summed E-state index contributed by atoms with van der Waals surface area (Å²) < 4.78 is 9.82. The second-order valence-corrected chi connectivity index (χ2v) is 5.73. The Hall–Kier alpha value is -2.43. The van der Waals surface area contributed by atoms with E-state index in [0.717, 1.165) is 0 Å². The van der Waals surface area contributed by atoms with Crippen LogP contribution in [0, 0.1) is 0 Å². The van der Waals surface area contributed by atoms with Crippen LogP contribution in [0.4, 0.5) is 0 Å². The van der Waals surface area contributed by atoms with Crippen molar-refractivity contribution in [2.75, 3.05) is 0 Å². The van der Waals surface area contributed by atoms with Crippen LogP contribution in [0.5, 0.6) is 0 Å². The fourth-order valence-corrected chi connectivity index (χ4v) is 1.49. The maximum atomic E-state index is 11.7. The van der Waals surface area contributed by atoms with Gasteiger partial charge < -0.3 is 9.47 Å². The lowest BCUT2D eigenvalue weighted by molar-refractivity contribution is -0.150. The summed E-state index contributed by atoms with van der Waals surface area (Å²) in [6.07, 6.45) is -0.0353. The Balaban J connectivity index is 2.42. The number of ether oxygens (including phenoxy) is 2. The van der Waals surface area contributed by atoms with Crippen LogP contribution >= 0.6 is 0 Å². The van der Waals surface area contributed by atoms with Gasteiger partial charge in [0.2, 0.25) is 0 Å². The third kappa shape index (κ3) is 6.35. The molecule has 5 heteroatoms. The van der Waals surface area contributed by atoms with Gasteiger partial charge in [-0.3, -0.25) is 4.79 Å². The van der Waals surface area contributed by atoms with Gasteiger partial charge in [0.05, 0.1) is 12.0 Å². The van der Waals surface area contributed by atoms with Gasteiger partial charge in [0.1, 0.15) is 5.60 Å². The minimum Gasteiger partial charge on any atom is -0.457 e. The Kier molecular flexibility index (Phi) is 6.04. The zero-order valence-corrected chi connectivity index (χ0v) is 13.0. The van der Waals surface area contributed by atoms with Crippen LogP contribution in [0.2, 0.25) is 0 Å². The summed E-state index contributed by atoms with van der Waals surface area (Å²) in [6, 6.07) is 8.20. The van der Waals surface area contributed by atoms with Gasteiger partial charge in [-0.2, -0.15) is 0 Å². The van der Waals surface area contributed by atoms with Crippen molar-refractivity contribution in [3.8, 4) is 0 Å². The molecule has 0 atom stereocenters. The number of esters is 3. The van der Waals surface area contributed by atoms with Crippen molar-refractivity contribution in [3.05, 3.63) is 48.0 Å². The lowest BCUT2D eigenvalue weighted by Gasteiger charge is -2.20. The maximum Gasteiger partial charge on any atom is 0.345 e. The Morgan fingerprint density at radius 1 is 1.05 bits per heavy atom. The zero-order chi connectivity index (χ0) is 16.8. The fourth-order valence-electron chi connectivity index (χ4n) is 1.49. The Morgan fingerprint density at radius 3 is 2.18 bits per heavy atom. The molecule has 0 radical (unpaired) electrons. The lowest BCUT2D eigenvalue weighted by Crippen LogP contribution is -2.25. The molecule has 0 fully saturated rings. The summed E-state index contributed by atoms with van der Waals surface area (Å²) in [4.78, 5) is 34.9. The molecule has 0 amide bonds. The molecule has 0 saturated carbocycles. The minimum absolute atomic E-state index is 0.0792. The third-order valence-corrected chi connectivity index (χ3v) is 2.53. The number of carbonyl (C=O) groups is 3. The van der Waals surface area contributed by atoms with Crippen molar-refractivity contribution in [2.24, 2.45) is 0 Å². The number of hydrogen-bond acceptors (Lipinski definition) is 5. The average Bonchev–Trinajstić information content (AvgIpc) is 2.43. The molecule has 22 heavy (non-hydrogen) atoms. The number of rotatable bonds is 5. The topological polar surface area (TPSA) is 69.7 Å². The van der Waals surface area contributed by atoms with Crippen molar-refractivity contribution in [1.82, 2.24) is 0 Å². The van der Waals surface area contributed by atoms with E-state index in [-0.39, 0.29) is 18.4 Å². The van der Waals surface area contributed by atoms with Crippen molar-refractivity contribution in [1.29, 1.82) is 0 Å². The molecule has 0 spiro atoms. The number of carbonyl (C=O) groups excluding carboxylic acids is 3. The fraction of sp³-hybridized carbons (Fsp3) is 0.353. The Labute approximate surface area is 129 Å². The first-order chi connectivity index (χ1) is 10.2. The molecule has 0 heterocycles. The zero-order valence-electron chi connectivity index (χ0n) is 13.0. The van der Waals surface area contributed by atoms with Gasteiger partial charge in [-0.1, -0.05) is 24.8 Å². The number of hydrogen-bond donors (Lipinski definition) is 0. The maximum absolute atomic E-state index is 11.7. The summed E-state index contributed by atoms with van der Waals surface area (Å²) in [5, 5.41) is 0. The van der Waals surface area contributed by atoms with Crippen LogP contribution in [0.15, 0.2) is 42.5 Å². The van der Waals surface area contributed by atoms with Crippen molar-refractivity contribution >= 4 is 17.9 Å². The van der Waals surface area contributed by atoms with Crippen LogP contribution in [-0.2, 0) is 19.1 Å². The highest BCUT2D eigenvalue weighted by molar-refractivity contribution is 5.97. The lowest BCUT2D eigenvalue weighted by atomic mass is 10.1. The molecular formula is C17H20O5. The van der Waals surface area contributed by atoms with Gasteiger partial charge in [0.25, 0.3) is 0 Å². The van der Waals surface area contributed by atoms with E-state index in [1.807, 2.05) is 0 Å².